The van der Waals surface area contributed by atoms with Gasteiger partial charge in [-0.2, -0.15) is 0 Å². The maximum Gasteiger partial charge on any atom is 0.310 e. The Morgan fingerprint density at radius 3 is 2.57 bits per heavy atom. The molecule has 0 saturated carbocycles. The Bertz CT molecular complexity index is 471. The Hall–Kier alpha value is -1.55. The molecule has 1 aromatic rings. The number of benzene rings is 1. The van der Waals surface area contributed by atoms with E-state index in [4.69, 9.17) is 4.74 Å². The molecular weight excluding hydrogens is 266 g/mol. The first-order valence-corrected chi connectivity index (χ1v) is 7.77. The molecule has 0 bridgehead atoms. The lowest BCUT2D eigenvalue weighted by molar-refractivity contribution is -0.148. The number of hydrogen-bond donors (Lipinski definition) is 1. The fourth-order valence-corrected chi connectivity index (χ4v) is 2.88. The molecule has 21 heavy (non-hydrogen) atoms. The van der Waals surface area contributed by atoms with Crippen LogP contribution < -0.4 is 4.74 Å². The molecule has 0 aliphatic carbocycles. The number of hydrogen-bond acceptors (Lipinski definition) is 3. The number of carboxylic acid groups (broad SMARTS) is 1. The van der Waals surface area contributed by atoms with E-state index in [1.807, 2.05) is 19.1 Å². The zero-order chi connectivity index (χ0) is 15.3. The lowest BCUT2D eigenvalue weighted by atomic mass is 9.84. The van der Waals surface area contributed by atoms with Crippen LogP contribution in [-0.2, 0) is 11.3 Å². The third kappa shape index (κ3) is 3.76. The summed E-state index contributed by atoms with van der Waals surface area (Å²) in [4.78, 5) is 13.7. The summed E-state index contributed by atoms with van der Waals surface area (Å²) in [6.07, 6.45) is 2.45. The molecule has 1 unspecified atom stereocenters. The lowest BCUT2D eigenvalue weighted by Crippen LogP contribution is -2.33. The average Bonchev–Trinajstić information content (AvgIpc) is 2.91. The normalized spacial score (nSPS) is 22.4. The SMILES string of the molecule is CCCOc1ccc(CN2CCC(CC)(C(=O)O)C2)cc1. The van der Waals surface area contributed by atoms with Gasteiger partial charge in [0, 0.05) is 13.1 Å². The lowest BCUT2D eigenvalue weighted by Gasteiger charge is -2.23. The minimum absolute atomic E-state index is 0.551. The van der Waals surface area contributed by atoms with Gasteiger partial charge in [0.1, 0.15) is 5.75 Å². The van der Waals surface area contributed by atoms with Crippen molar-refractivity contribution in [3.63, 3.8) is 0 Å². The second-order valence-electron chi connectivity index (χ2n) is 5.89. The Balaban J connectivity index is 1.92. The molecule has 1 fully saturated rings. The van der Waals surface area contributed by atoms with Crippen LogP contribution in [0.1, 0.15) is 38.7 Å². The van der Waals surface area contributed by atoms with Crippen molar-refractivity contribution in [3.05, 3.63) is 29.8 Å². The molecule has 1 atom stereocenters. The molecule has 0 spiro atoms. The van der Waals surface area contributed by atoms with Crippen LogP contribution in [0.2, 0.25) is 0 Å². The molecule has 1 heterocycles. The fraction of sp³-hybridized carbons (Fsp3) is 0.588. The number of carbonyl (C=O) groups is 1. The van der Waals surface area contributed by atoms with Gasteiger partial charge in [-0.05, 0) is 43.5 Å². The van der Waals surface area contributed by atoms with Gasteiger partial charge in [-0.25, -0.2) is 0 Å². The van der Waals surface area contributed by atoms with E-state index >= 15 is 0 Å². The zero-order valence-corrected chi connectivity index (χ0v) is 13.0. The maximum absolute atomic E-state index is 11.5. The summed E-state index contributed by atoms with van der Waals surface area (Å²) in [5.41, 5.74) is 0.653. The summed E-state index contributed by atoms with van der Waals surface area (Å²) in [5, 5.41) is 9.42. The summed E-state index contributed by atoms with van der Waals surface area (Å²) >= 11 is 0. The monoisotopic (exact) mass is 291 g/mol. The molecular formula is C17H25NO3. The van der Waals surface area contributed by atoms with Crippen LogP contribution in [0.3, 0.4) is 0 Å². The minimum atomic E-state index is -0.657. The summed E-state index contributed by atoms with van der Waals surface area (Å²) in [6.45, 7) is 7.11. The van der Waals surface area contributed by atoms with Gasteiger partial charge in [-0.3, -0.25) is 9.69 Å². The van der Waals surface area contributed by atoms with Crippen LogP contribution in [0.25, 0.3) is 0 Å². The second-order valence-corrected chi connectivity index (χ2v) is 5.89. The van der Waals surface area contributed by atoms with Crippen molar-refractivity contribution < 1.29 is 14.6 Å². The van der Waals surface area contributed by atoms with E-state index < -0.39 is 11.4 Å². The molecule has 1 aromatic carbocycles. The van der Waals surface area contributed by atoms with Gasteiger partial charge in [0.25, 0.3) is 0 Å². The standard InChI is InChI=1S/C17H25NO3/c1-3-11-21-15-7-5-14(6-8-15)12-18-10-9-17(4-2,13-18)16(19)20/h5-8H,3-4,9-13H2,1-2H3,(H,19,20). The van der Waals surface area contributed by atoms with E-state index in [9.17, 15) is 9.90 Å². The van der Waals surface area contributed by atoms with Crippen LogP contribution in [-0.4, -0.2) is 35.7 Å². The Morgan fingerprint density at radius 1 is 1.33 bits per heavy atom. The summed E-state index contributed by atoms with van der Waals surface area (Å²) in [5.74, 6) is 0.242. The summed E-state index contributed by atoms with van der Waals surface area (Å²) in [6, 6.07) is 8.12. The molecule has 0 radical (unpaired) electrons. The predicted molar refractivity (Wildman–Crippen MR) is 82.5 cm³/mol. The van der Waals surface area contributed by atoms with E-state index in [1.165, 1.54) is 5.56 Å². The summed E-state index contributed by atoms with van der Waals surface area (Å²) in [7, 11) is 0. The zero-order valence-electron chi connectivity index (χ0n) is 13.0. The van der Waals surface area contributed by atoms with Gasteiger partial charge in [-0.15, -0.1) is 0 Å². The minimum Gasteiger partial charge on any atom is -0.494 e. The smallest absolute Gasteiger partial charge is 0.310 e. The number of rotatable bonds is 7. The highest BCUT2D eigenvalue weighted by Crippen LogP contribution is 2.34. The van der Waals surface area contributed by atoms with Crippen molar-refractivity contribution in [1.29, 1.82) is 0 Å². The highest BCUT2D eigenvalue weighted by Gasteiger charge is 2.42. The first-order chi connectivity index (χ1) is 10.1. The topological polar surface area (TPSA) is 49.8 Å². The van der Waals surface area contributed by atoms with E-state index in [2.05, 4.69) is 24.0 Å². The third-order valence-electron chi connectivity index (χ3n) is 4.37. The van der Waals surface area contributed by atoms with Crippen molar-refractivity contribution in [2.75, 3.05) is 19.7 Å². The van der Waals surface area contributed by atoms with Gasteiger partial charge in [0.15, 0.2) is 0 Å². The second kappa shape index (κ2) is 6.94. The molecule has 1 aliphatic rings. The Morgan fingerprint density at radius 2 is 2.05 bits per heavy atom. The molecule has 4 nitrogen and oxygen atoms in total. The van der Waals surface area contributed by atoms with Gasteiger partial charge >= 0.3 is 5.97 Å². The van der Waals surface area contributed by atoms with Crippen LogP contribution >= 0.6 is 0 Å². The number of likely N-dealkylation sites (tertiary alicyclic amines) is 1. The first-order valence-electron chi connectivity index (χ1n) is 7.77. The molecule has 0 amide bonds. The molecule has 0 aromatic heterocycles. The maximum atomic E-state index is 11.5. The number of ether oxygens (including phenoxy) is 1. The Labute approximate surface area is 126 Å². The fourth-order valence-electron chi connectivity index (χ4n) is 2.88. The van der Waals surface area contributed by atoms with Crippen LogP contribution in [0.15, 0.2) is 24.3 Å². The van der Waals surface area contributed by atoms with Crippen molar-refractivity contribution in [2.24, 2.45) is 5.41 Å². The van der Waals surface area contributed by atoms with Crippen molar-refractivity contribution in [2.45, 2.75) is 39.7 Å². The molecule has 1 saturated heterocycles. The number of nitrogens with zero attached hydrogens (tertiary/aromatic N) is 1. The largest absolute Gasteiger partial charge is 0.494 e. The molecule has 116 valence electrons. The first kappa shape index (κ1) is 15.8. The van der Waals surface area contributed by atoms with Crippen molar-refractivity contribution in [3.8, 4) is 5.75 Å². The molecule has 4 heteroatoms. The van der Waals surface area contributed by atoms with Gasteiger partial charge in [0.2, 0.25) is 0 Å². The van der Waals surface area contributed by atoms with E-state index in [0.717, 1.165) is 38.3 Å². The van der Waals surface area contributed by atoms with Gasteiger partial charge in [0.05, 0.1) is 12.0 Å². The molecule has 1 N–H and O–H groups in total. The highest BCUT2D eigenvalue weighted by atomic mass is 16.5. The molecule has 2 rings (SSSR count). The van der Waals surface area contributed by atoms with Crippen LogP contribution in [0.5, 0.6) is 5.75 Å². The van der Waals surface area contributed by atoms with E-state index in [0.29, 0.717) is 13.0 Å². The predicted octanol–water partition coefficient (Wildman–Crippen LogP) is 3.16. The van der Waals surface area contributed by atoms with Gasteiger partial charge in [-0.1, -0.05) is 26.0 Å². The molecule has 1 aliphatic heterocycles. The Kier molecular flexibility index (Phi) is 5.23. The van der Waals surface area contributed by atoms with E-state index in [-0.39, 0.29) is 0 Å². The van der Waals surface area contributed by atoms with E-state index in [1.54, 1.807) is 0 Å². The third-order valence-corrected chi connectivity index (χ3v) is 4.37. The van der Waals surface area contributed by atoms with Crippen molar-refractivity contribution >= 4 is 5.97 Å². The summed E-state index contributed by atoms with van der Waals surface area (Å²) < 4.78 is 5.57. The highest BCUT2D eigenvalue weighted by molar-refractivity contribution is 5.75. The van der Waals surface area contributed by atoms with Crippen LogP contribution in [0, 0.1) is 5.41 Å². The average molecular weight is 291 g/mol. The van der Waals surface area contributed by atoms with Crippen molar-refractivity contribution in [1.82, 2.24) is 4.90 Å². The number of aliphatic carboxylic acids is 1. The van der Waals surface area contributed by atoms with Crippen LogP contribution in [0.4, 0.5) is 0 Å². The number of carboxylic acids is 1. The quantitative estimate of drug-likeness (QED) is 0.838. The van der Waals surface area contributed by atoms with Gasteiger partial charge < -0.3 is 9.84 Å².